The van der Waals surface area contributed by atoms with Crippen molar-refractivity contribution in [3.8, 4) is 28.7 Å². The Labute approximate surface area is 208 Å². The lowest BCUT2D eigenvalue weighted by atomic mass is 10.0. The maximum absolute atomic E-state index is 13.5. The molecular weight excluding hydrogens is 459 g/mol. The van der Waals surface area contributed by atoms with Gasteiger partial charge in [-0.25, -0.2) is 4.39 Å². The third-order valence-corrected chi connectivity index (χ3v) is 6.23. The number of halogens is 1. The first-order chi connectivity index (χ1) is 17.0. The first-order valence-electron chi connectivity index (χ1n) is 11.2. The van der Waals surface area contributed by atoms with Crippen molar-refractivity contribution in [3.05, 3.63) is 108 Å². The summed E-state index contributed by atoms with van der Waals surface area (Å²) in [6.07, 6.45) is 0.253. The summed E-state index contributed by atoms with van der Waals surface area (Å²) in [5.74, 6) is 1.55. The van der Waals surface area contributed by atoms with Crippen molar-refractivity contribution < 1.29 is 13.9 Å². The third kappa shape index (κ3) is 6.50. The number of rotatable bonds is 8. The summed E-state index contributed by atoms with van der Waals surface area (Å²) in [5.41, 5.74) is 3.48. The highest BCUT2D eigenvalue weighted by atomic mass is 32.2. The van der Waals surface area contributed by atoms with Crippen LogP contribution < -0.4 is 10.1 Å². The molecule has 0 radical (unpaired) electrons. The minimum atomic E-state index is -0.330. The van der Waals surface area contributed by atoms with Crippen LogP contribution in [0.2, 0.25) is 0 Å². The largest absolute Gasteiger partial charge is 0.457 e. The molecule has 6 heteroatoms. The molecule has 1 N–H and O–H groups in total. The number of hydrogen-bond acceptors (Lipinski definition) is 3. The second-order valence-corrected chi connectivity index (χ2v) is 9.29. The molecule has 0 bridgehead atoms. The van der Waals surface area contributed by atoms with Gasteiger partial charge in [-0.3, -0.25) is 4.79 Å². The van der Waals surface area contributed by atoms with E-state index in [-0.39, 0.29) is 18.1 Å². The highest BCUT2D eigenvalue weighted by Crippen LogP contribution is 2.36. The monoisotopic (exact) mass is 483 g/mol. The lowest BCUT2D eigenvalue weighted by molar-refractivity contribution is -0.115. The van der Waals surface area contributed by atoms with Crippen LogP contribution in [0.15, 0.2) is 95.9 Å². The summed E-state index contributed by atoms with van der Waals surface area (Å²) >= 11 is 1.27. The molecule has 4 aromatic rings. The fraction of sp³-hybridized carbons (Fsp3) is 0.103. The molecule has 1 amide bonds. The number of benzene rings is 4. The first kappa shape index (κ1) is 24.1. The molecule has 0 spiro atoms. The first-order valence-corrected chi connectivity index (χ1v) is 12.3. The maximum atomic E-state index is 13.5. The zero-order chi connectivity index (χ0) is 24.6. The Morgan fingerprint density at radius 2 is 1.77 bits per heavy atom. The van der Waals surface area contributed by atoms with Gasteiger partial charge in [0.15, 0.2) is 4.90 Å². The van der Waals surface area contributed by atoms with Crippen LogP contribution in [0.4, 0.5) is 10.1 Å². The number of ether oxygens (including phenoxy) is 1. The normalized spacial score (nSPS) is 10.4. The van der Waals surface area contributed by atoms with Gasteiger partial charge < -0.3 is 10.1 Å². The van der Waals surface area contributed by atoms with Gasteiger partial charge >= 0.3 is 0 Å². The summed E-state index contributed by atoms with van der Waals surface area (Å²) in [5, 5.41) is 12.1. The molecule has 0 aliphatic carbocycles. The molecule has 0 fully saturated rings. The topological polar surface area (TPSA) is 62.1 Å². The molecule has 0 saturated heterocycles. The SMILES string of the molecule is CC[SH+]c1ccc(CC(=O)Nc2ccc(-c3ccc(F)cc3)c(Oc3cccc(C#N)c3)c2)cc1. The Bertz CT molecular complexity index is 1360. The van der Waals surface area contributed by atoms with Crippen molar-refractivity contribution in [3.63, 3.8) is 0 Å². The predicted molar refractivity (Wildman–Crippen MR) is 139 cm³/mol. The van der Waals surface area contributed by atoms with Crippen molar-refractivity contribution in [2.24, 2.45) is 0 Å². The smallest absolute Gasteiger partial charge is 0.228 e. The number of nitrogens with one attached hydrogen (secondary N) is 1. The molecule has 0 unspecified atom stereocenters. The van der Waals surface area contributed by atoms with E-state index in [9.17, 15) is 14.4 Å². The summed E-state index contributed by atoms with van der Waals surface area (Å²) in [7, 11) is 0. The van der Waals surface area contributed by atoms with E-state index in [1.807, 2.05) is 30.3 Å². The molecule has 0 heterocycles. The Morgan fingerprint density at radius 3 is 2.49 bits per heavy atom. The number of anilines is 1. The zero-order valence-electron chi connectivity index (χ0n) is 19.2. The predicted octanol–water partition coefficient (Wildman–Crippen LogP) is 6.53. The highest BCUT2D eigenvalue weighted by molar-refractivity contribution is 7.78. The van der Waals surface area contributed by atoms with Crippen molar-refractivity contribution in [1.29, 1.82) is 5.26 Å². The number of nitriles is 1. The Kier molecular flexibility index (Phi) is 7.81. The van der Waals surface area contributed by atoms with Gasteiger partial charge in [0.1, 0.15) is 23.1 Å². The highest BCUT2D eigenvalue weighted by Gasteiger charge is 2.12. The number of carbonyl (C=O) groups is 1. The maximum Gasteiger partial charge on any atom is 0.228 e. The van der Waals surface area contributed by atoms with Crippen LogP contribution >= 0.6 is 0 Å². The van der Waals surface area contributed by atoms with Crippen molar-refractivity contribution >= 4 is 23.4 Å². The van der Waals surface area contributed by atoms with E-state index in [0.717, 1.165) is 22.4 Å². The molecule has 4 nitrogen and oxygen atoms in total. The molecule has 4 aromatic carbocycles. The number of carbonyl (C=O) groups excluding carboxylic acids is 1. The van der Waals surface area contributed by atoms with Crippen LogP contribution in [0.1, 0.15) is 18.1 Å². The Balaban J connectivity index is 1.57. The average Bonchev–Trinajstić information content (AvgIpc) is 2.86. The van der Waals surface area contributed by atoms with Gasteiger partial charge in [0.2, 0.25) is 5.91 Å². The van der Waals surface area contributed by atoms with E-state index in [0.29, 0.717) is 22.7 Å². The minimum absolute atomic E-state index is 0.141. The second-order valence-electron chi connectivity index (χ2n) is 7.83. The minimum Gasteiger partial charge on any atom is -0.457 e. The van der Waals surface area contributed by atoms with Gasteiger partial charge in [-0.2, -0.15) is 5.26 Å². The van der Waals surface area contributed by atoms with E-state index in [1.54, 1.807) is 48.5 Å². The fourth-order valence-corrected chi connectivity index (χ4v) is 4.33. The van der Waals surface area contributed by atoms with E-state index >= 15 is 0 Å². The average molecular weight is 484 g/mol. The van der Waals surface area contributed by atoms with Crippen molar-refractivity contribution in [2.45, 2.75) is 18.2 Å². The van der Waals surface area contributed by atoms with Gasteiger partial charge in [0, 0.05) is 29.1 Å². The van der Waals surface area contributed by atoms with Crippen LogP contribution in [0.5, 0.6) is 11.5 Å². The van der Waals surface area contributed by atoms with Crippen LogP contribution in [0, 0.1) is 17.1 Å². The van der Waals surface area contributed by atoms with Crippen LogP contribution in [-0.4, -0.2) is 11.7 Å². The van der Waals surface area contributed by atoms with Crippen LogP contribution in [0.3, 0.4) is 0 Å². The molecule has 35 heavy (non-hydrogen) atoms. The molecule has 0 atom stereocenters. The van der Waals surface area contributed by atoms with Gasteiger partial charge in [-0.1, -0.05) is 30.3 Å². The molecule has 4 rings (SSSR count). The summed E-state index contributed by atoms with van der Waals surface area (Å²) in [6.45, 7) is 2.13. The van der Waals surface area contributed by atoms with Gasteiger partial charge in [-0.05, 0) is 72.6 Å². The lowest BCUT2D eigenvalue weighted by Crippen LogP contribution is -2.14. The second kappa shape index (κ2) is 11.4. The Morgan fingerprint density at radius 1 is 1.00 bits per heavy atom. The van der Waals surface area contributed by atoms with Gasteiger partial charge in [0.25, 0.3) is 0 Å². The molecule has 0 aliphatic rings. The van der Waals surface area contributed by atoms with E-state index in [4.69, 9.17) is 4.74 Å². The summed E-state index contributed by atoms with van der Waals surface area (Å²) in [6, 6.07) is 28.4. The quantitative estimate of drug-likeness (QED) is 0.229. The number of amides is 1. The van der Waals surface area contributed by atoms with Crippen molar-refractivity contribution in [1.82, 2.24) is 0 Å². The van der Waals surface area contributed by atoms with Crippen molar-refractivity contribution in [2.75, 3.05) is 11.1 Å². The summed E-state index contributed by atoms with van der Waals surface area (Å²) < 4.78 is 19.6. The molecule has 0 saturated carbocycles. The van der Waals surface area contributed by atoms with E-state index < -0.39 is 0 Å². The molecular formula is C29H24FN2O2S+. The Hall–Kier alpha value is -4.08. The summed E-state index contributed by atoms with van der Waals surface area (Å²) in [4.78, 5) is 13.9. The standard InChI is InChI=1S/C29H23FN2O2S/c1-2-35-26-13-6-20(7-14-26)17-29(33)32-24-12-15-27(22-8-10-23(30)11-9-22)28(18-24)34-25-5-3-4-21(16-25)19-31/h3-16,18H,2,17H2,1H3,(H,32,33)/p+1. The van der Waals surface area contributed by atoms with Gasteiger partial charge in [0.05, 0.1) is 18.1 Å². The third-order valence-electron chi connectivity index (χ3n) is 5.25. The molecule has 0 aliphatic heterocycles. The molecule has 0 aromatic heterocycles. The number of thiol groups is 1. The van der Waals surface area contributed by atoms with Gasteiger partial charge in [-0.15, -0.1) is 0 Å². The lowest BCUT2D eigenvalue weighted by Gasteiger charge is -2.14. The van der Waals surface area contributed by atoms with Crippen LogP contribution in [0.25, 0.3) is 11.1 Å². The van der Waals surface area contributed by atoms with Crippen LogP contribution in [-0.2, 0) is 23.0 Å². The number of nitrogens with zero attached hydrogens (tertiary/aromatic N) is 1. The molecule has 174 valence electrons. The zero-order valence-corrected chi connectivity index (χ0v) is 20.1. The van der Waals surface area contributed by atoms with E-state index in [2.05, 4.69) is 18.3 Å². The van der Waals surface area contributed by atoms with E-state index in [1.165, 1.54) is 28.8 Å². The number of hydrogen-bond donors (Lipinski definition) is 1. The fourth-order valence-electron chi connectivity index (χ4n) is 3.60.